The minimum atomic E-state index is -4.69. The fourth-order valence-electron chi connectivity index (χ4n) is 3.22. The molecule has 0 heterocycles. The maximum absolute atomic E-state index is 13.4. The van der Waals surface area contributed by atoms with Crippen LogP contribution in [0, 0.1) is 6.92 Å². The van der Waals surface area contributed by atoms with E-state index >= 15 is 0 Å². The van der Waals surface area contributed by atoms with Crippen molar-refractivity contribution in [2.45, 2.75) is 31.1 Å². The van der Waals surface area contributed by atoms with E-state index < -0.39 is 32.6 Å². The van der Waals surface area contributed by atoms with Gasteiger partial charge in [0.2, 0.25) is 10.0 Å². The van der Waals surface area contributed by atoms with Gasteiger partial charge in [0.1, 0.15) is 0 Å². The lowest BCUT2D eigenvalue weighted by Gasteiger charge is -2.24. The molecule has 6 nitrogen and oxygen atoms in total. The van der Waals surface area contributed by atoms with Crippen molar-refractivity contribution < 1.29 is 31.6 Å². The average Bonchev–Trinajstić information content (AvgIpc) is 2.79. The first kappa shape index (κ1) is 24.4. The van der Waals surface area contributed by atoms with E-state index in [1.807, 2.05) is 13.0 Å². The number of sulfonamides is 1. The average molecular weight is 478 g/mol. The highest BCUT2D eigenvalue weighted by Gasteiger charge is 2.33. The fourth-order valence-corrected chi connectivity index (χ4v) is 4.67. The number of amides is 1. The first-order chi connectivity index (χ1) is 15.5. The number of rotatable bonds is 7. The summed E-state index contributed by atoms with van der Waals surface area (Å²) in [7, 11) is -4.31. The molecule has 174 valence electrons. The van der Waals surface area contributed by atoms with Crippen molar-refractivity contribution in [2.75, 3.05) is 0 Å². The van der Waals surface area contributed by atoms with E-state index in [2.05, 4.69) is 0 Å². The Bertz CT molecular complexity index is 1240. The third kappa shape index (κ3) is 5.78. The summed E-state index contributed by atoms with van der Waals surface area (Å²) in [6.07, 6.45) is -4.69. The SMILES string of the molecule is Cc1ccccc1CN(Cc1ccc(C(=O)NO)cc1)S(=O)(=O)c1cccc(C(F)(F)F)c1. The van der Waals surface area contributed by atoms with Crippen molar-refractivity contribution in [1.82, 2.24) is 9.79 Å². The number of halogens is 3. The normalized spacial score (nSPS) is 12.1. The Morgan fingerprint density at radius 1 is 0.970 bits per heavy atom. The smallest absolute Gasteiger partial charge is 0.288 e. The number of benzene rings is 3. The van der Waals surface area contributed by atoms with Gasteiger partial charge < -0.3 is 0 Å². The first-order valence-electron chi connectivity index (χ1n) is 9.77. The zero-order chi connectivity index (χ0) is 24.2. The van der Waals surface area contributed by atoms with Crippen molar-refractivity contribution >= 4 is 15.9 Å². The van der Waals surface area contributed by atoms with Crippen molar-refractivity contribution in [3.63, 3.8) is 0 Å². The van der Waals surface area contributed by atoms with E-state index in [0.717, 1.165) is 28.1 Å². The van der Waals surface area contributed by atoms with Crippen molar-refractivity contribution in [1.29, 1.82) is 0 Å². The number of hydroxylamine groups is 1. The maximum atomic E-state index is 13.4. The second-order valence-corrected chi connectivity index (χ2v) is 9.30. The van der Waals surface area contributed by atoms with E-state index in [-0.39, 0.29) is 18.7 Å². The molecule has 10 heteroatoms. The zero-order valence-corrected chi connectivity index (χ0v) is 18.3. The molecule has 3 rings (SSSR count). The second-order valence-electron chi connectivity index (χ2n) is 7.36. The Morgan fingerprint density at radius 3 is 2.24 bits per heavy atom. The number of aryl methyl sites for hydroxylation is 1. The van der Waals surface area contributed by atoms with Crippen LogP contribution in [-0.4, -0.2) is 23.8 Å². The van der Waals surface area contributed by atoms with Crippen LogP contribution in [0.4, 0.5) is 13.2 Å². The Labute approximate surface area is 189 Å². The minimum Gasteiger partial charge on any atom is -0.288 e. The summed E-state index contributed by atoms with van der Waals surface area (Å²) in [6, 6.07) is 16.6. The van der Waals surface area contributed by atoms with Crippen molar-refractivity contribution in [2.24, 2.45) is 0 Å². The molecule has 0 aromatic heterocycles. The van der Waals surface area contributed by atoms with Gasteiger partial charge in [-0.15, -0.1) is 0 Å². The Kier molecular flexibility index (Phi) is 7.21. The predicted octanol–water partition coefficient (Wildman–Crippen LogP) is 4.52. The molecule has 0 aliphatic heterocycles. The van der Waals surface area contributed by atoms with Crippen LogP contribution in [0.1, 0.15) is 32.6 Å². The van der Waals surface area contributed by atoms with E-state index in [1.54, 1.807) is 18.2 Å². The van der Waals surface area contributed by atoms with Crippen LogP contribution in [0.5, 0.6) is 0 Å². The third-order valence-corrected chi connectivity index (χ3v) is 6.87. The molecule has 3 aromatic rings. The van der Waals surface area contributed by atoms with Crippen LogP contribution in [0.2, 0.25) is 0 Å². The van der Waals surface area contributed by atoms with Crippen molar-refractivity contribution in [3.05, 3.63) is 101 Å². The van der Waals surface area contributed by atoms with Crippen LogP contribution in [-0.2, 0) is 29.3 Å². The lowest BCUT2D eigenvalue weighted by atomic mass is 10.1. The summed E-state index contributed by atoms with van der Waals surface area (Å²) < 4.78 is 67.4. The molecule has 0 saturated carbocycles. The van der Waals surface area contributed by atoms with Gasteiger partial charge in [-0.3, -0.25) is 10.0 Å². The molecule has 0 saturated heterocycles. The van der Waals surface area contributed by atoms with Gasteiger partial charge in [-0.1, -0.05) is 42.5 Å². The third-order valence-electron chi connectivity index (χ3n) is 5.08. The highest BCUT2D eigenvalue weighted by Crippen LogP contribution is 2.32. The quantitative estimate of drug-likeness (QED) is 0.386. The minimum absolute atomic E-state index is 0.0653. The molecule has 33 heavy (non-hydrogen) atoms. The monoisotopic (exact) mass is 478 g/mol. The van der Waals surface area contributed by atoms with Gasteiger partial charge in [-0.25, -0.2) is 13.9 Å². The van der Waals surface area contributed by atoms with Gasteiger partial charge in [-0.2, -0.15) is 17.5 Å². The van der Waals surface area contributed by atoms with Crippen LogP contribution in [0.25, 0.3) is 0 Å². The molecule has 0 aliphatic rings. The number of hydrogen-bond acceptors (Lipinski definition) is 4. The number of nitrogens with one attached hydrogen (secondary N) is 1. The number of carbonyl (C=O) groups excluding carboxylic acids is 1. The highest BCUT2D eigenvalue weighted by molar-refractivity contribution is 7.89. The summed E-state index contributed by atoms with van der Waals surface area (Å²) in [6.45, 7) is 1.60. The summed E-state index contributed by atoms with van der Waals surface area (Å²) in [5.74, 6) is -0.727. The first-order valence-corrected chi connectivity index (χ1v) is 11.2. The Hall–Kier alpha value is -3.21. The van der Waals surface area contributed by atoms with Crippen LogP contribution in [0.15, 0.2) is 77.7 Å². The van der Waals surface area contributed by atoms with Crippen LogP contribution < -0.4 is 5.48 Å². The fraction of sp³-hybridized carbons (Fsp3) is 0.174. The van der Waals surface area contributed by atoms with Crippen LogP contribution >= 0.6 is 0 Å². The Morgan fingerprint density at radius 2 is 1.64 bits per heavy atom. The molecule has 0 unspecified atom stereocenters. The molecule has 0 fully saturated rings. The molecular weight excluding hydrogens is 457 g/mol. The predicted molar refractivity (Wildman–Crippen MR) is 115 cm³/mol. The summed E-state index contributed by atoms with van der Waals surface area (Å²) in [5, 5.41) is 8.74. The van der Waals surface area contributed by atoms with E-state index in [4.69, 9.17) is 5.21 Å². The Balaban J connectivity index is 2.01. The number of nitrogens with zero attached hydrogens (tertiary/aromatic N) is 1. The molecule has 3 aromatic carbocycles. The zero-order valence-electron chi connectivity index (χ0n) is 17.5. The molecule has 2 N–H and O–H groups in total. The number of carbonyl (C=O) groups is 1. The van der Waals surface area contributed by atoms with Gasteiger partial charge in [-0.05, 0) is 53.9 Å². The standard InChI is InChI=1S/C23H21F3N2O4S/c1-16-5-2-3-6-19(16)15-28(14-17-9-11-18(12-10-17)22(29)27-30)33(31,32)21-8-4-7-20(13-21)23(24,25)26/h2-13,30H,14-15H2,1H3,(H,27,29). The van der Waals surface area contributed by atoms with Gasteiger partial charge >= 0.3 is 6.18 Å². The second kappa shape index (κ2) is 9.74. The molecule has 0 aliphatic carbocycles. The lowest BCUT2D eigenvalue weighted by Crippen LogP contribution is -2.31. The van der Waals surface area contributed by atoms with Crippen molar-refractivity contribution in [3.8, 4) is 0 Å². The van der Waals surface area contributed by atoms with Gasteiger partial charge in [0.15, 0.2) is 0 Å². The number of alkyl halides is 3. The van der Waals surface area contributed by atoms with E-state index in [0.29, 0.717) is 17.2 Å². The molecular formula is C23H21F3N2O4S. The maximum Gasteiger partial charge on any atom is 0.416 e. The molecule has 0 radical (unpaired) electrons. The van der Waals surface area contributed by atoms with Gasteiger partial charge in [0.25, 0.3) is 5.91 Å². The lowest BCUT2D eigenvalue weighted by molar-refractivity contribution is -0.137. The summed E-state index contributed by atoms with van der Waals surface area (Å²) in [5.41, 5.74) is 2.65. The van der Waals surface area contributed by atoms with Gasteiger partial charge in [0, 0.05) is 18.7 Å². The summed E-state index contributed by atoms with van der Waals surface area (Å²) in [4.78, 5) is 11.1. The molecule has 0 atom stereocenters. The topological polar surface area (TPSA) is 86.7 Å². The molecule has 0 spiro atoms. The highest BCUT2D eigenvalue weighted by atomic mass is 32.2. The largest absolute Gasteiger partial charge is 0.416 e. The van der Waals surface area contributed by atoms with E-state index in [1.165, 1.54) is 29.7 Å². The molecule has 0 bridgehead atoms. The molecule has 1 amide bonds. The van der Waals surface area contributed by atoms with Gasteiger partial charge in [0.05, 0.1) is 10.5 Å². The van der Waals surface area contributed by atoms with Crippen LogP contribution in [0.3, 0.4) is 0 Å². The summed E-state index contributed by atoms with van der Waals surface area (Å²) >= 11 is 0. The number of hydrogen-bond donors (Lipinski definition) is 2. The van der Waals surface area contributed by atoms with E-state index in [9.17, 15) is 26.4 Å².